The molecule has 0 fully saturated rings. The van der Waals surface area contributed by atoms with Crippen molar-refractivity contribution in [1.82, 2.24) is 5.32 Å². The minimum Gasteiger partial charge on any atom is -0.467 e. The first-order valence-corrected chi connectivity index (χ1v) is 5.95. The van der Waals surface area contributed by atoms with Gasteiger partial charge in [0.2, 0.25) is 5.22 Å². The molecule has 100 valence electrons. The van der Waals surface area contributed by atoms with Crippen LogP contribution in [0.4, 0.5) is 0 Å². The number of hydrogen-bond acceptors (Lipinski definition) is 4. The average Bonchev–Trinajstić information content (AvgIpc) is 2.73. The molecule has 1 unspecified atom stereocenters. The number of halogens is 1. The Bertz CT molecular complexity index is 427. The van der Waals surface area contributed by atoms with E-state index in [0.29, 0.717) is 6.42 Å². The van der Waals surface area contributed by atoms with Crippen molar-refractivity contribution in [2.75, 3.05) is 7.11 Å². The van der Waals surface area contributed by atoms with Crippen LogP contribution in [0.5, 0.6) is 0 Å². The van der Waals surface area contributed by atoms with Gasteiger partial charge in [0, 0.05) is 0 Å². The molecular formula is C12H16ClNO4. The number of nitrogens with one attached hydrogen (secondary N) is 1. The Hall–Kier alpha value is -1.49. The molecule has 1 N–H and O–H groups in total. The van der Waals surface area contributed by atoms with Crippen molar-refractivity contribution in [2.45, 2.75) is 26.3 Å². The van der Waals surface area contributed by atoms with Gasteiger partial charge in [0.05, 0.1) is 18.9 Å². The SMILES string of the molecule is COC(=O)C(CC(C)C)NC(=O)c1ccoc1Cl. The largest absolute Gasteiger partial charge is 0.467 e. The molecule has 0 saturated heterocycles. The van der Waals surface area contributed by atoms with E-state index in [-0.39, 0.29) is 16.7 Å². The molecule has 6 heteroatoms. The lowest BCUT2D eigenvalue weighted by atomic mass is 10.0. The molecule has 0 aliphatic carbocycles. The first-order valence-electron chi connectivity index (χ1n) is 5.57. The Morgan fingerprint density at radius 1 is 1.50 bits per heavy atom. The number of carbonyl (C=O) groups is 2. The van der Waals surface area contributed by atoms with Gasteiger partial charge in [-0.15, -0.1) is 0 Å². The van der Waals surface area contributed by atoms with Crippen LogP contribution < -0.4 is 5.32 Å². The molecule has 1 amide bonds. The Kier molecular flexibility index (Phi) is 5.22. The van der Waals surface area contributed by atoms with E-state index in [4.69, 9.17) is 16.0 Å². The van der Waals surface area contributed by atoms with Crippen molar-refractivity contribution in [3.05, 3.63) is 23.1 Å². The number of furan rings is 1. The molecule has 1 heterocycles. The van der Waals surface area contributed by atoms with Crippen LogP contribution >= 0.6 is 11.6 Å². The summed E-state index contributed by atoms with van der Waals surface area (Å²) in [5, 5.41) is 2.58. The Balaban J connectivity index is 2.74. The first-order chi connectivity index (χ1) is 8.45. The lowest BCUT2D eigenvalue weighted by Crippen LogP contribution is -2.42. The van der Waals surface area contributed by atoms with Crippen LogP contribution in [0.1, 0.15) is 30.6 Å². The van der Waals surface area contributed by atoms with Crippen molar-refractivity contribution in [1.29, 1.82) is 0 Å². The number of esters is 1. The van der Waals surface area contributed by atoms with Crippen molar-refractivity contribution >= 4 is 23.5 Å². The molecule has 18 heavy (non-hydrogen) atoms. The van der Waals surface area contributed by atoms with E-state index in [9.17, 15) is 9.59 Å². The third kappa shape index (κ3) is 3.77. The molecule has 0 spiro atoms. The van der Waals surface area contributed by atoms with Gasteiger partial charge >= 0.3 is 5.97 Å². The fraction of sp³-hybridized carbons (Fsp3) is 0.500. The predicted molar refractivity (Wildman–Crippen MR) is 66.4 cm³/mol. The highest BCUT2D eigenvalue weighted by Gasteiger charge is 2.24. The molecule has 1 atom stereocenters. The second-order valence-electron chi connectivity index (χ2n) is 4.29. The normalized spacial score (nSPS) is 12.3. The van der Waals surface area contributed by atoms with Gasteiger partial charge < -0.3 is 14.5 Å². The Morgan fingerprint density at radius 2 is 2.17 bits per heavy atom. The molecule has 0 aliphatic rings. The van der Waals surface area contributed by atoms with Crippen molar-refractivity contribution < 1.29 is 18.7 Å². The minimum atomic E-state index is -0.687. The molecule has 0 bridgehead atoms. The molecule has 0 aliphatic heterocycles. The van der Waals surface area contributed by atoms with Gasteiger partial charge in [-0.25, -0.2) is 4.79 Å². The predicted octanol–water partition coefficient (Wildman–Crippen LogP) is 2.25. The molecule has 5 nitrogen and oxygen atoms in total. The van der Waals surface area contributed by atoms with Crippen LogP contribution in [0.3, 0.4) is 0 Å². The van der Waals surface area contributed by atoms with E-state index < -0.39 is 17.9 Å². The standard InChI is InChI=1S/C12H16ClNO4/c1-7(2)6-9(12(16)17-3)14-11(15)8-4-5-18-10(8)13/h4-5,7,9H,6H2,1-3H3,(H,14,15). The smallest absolute Gasteiger partial charge is 0.328 e. The fourth-order valence-electron chi connectivity index (χ4n) is 1.52. The third-order valence-electron chi connectivity index (χ3n) is 2.36. The van der Waals surface area contributed by atoms with Gasteiger partial charge in [0.1, 0.15) is 6.04 Å². The van der Waals surface area contributed by atoms with Crippen LogP contribution in [0, 0.1) is 5.92 Å². The van der Waals surface area contributed by atoms with Gasteiger partial charge in [0.15, 0.2) is 0 Å². The quantitative estimate of drug-likeness (QED) is 0.836. The molecule has 0 aromatic carbocycles. The summed E-state index contributed by atoms with van der Waals surface area (Å²) in [6.07, 6.45) is 1.81. The van der Waals surface area contributed by atoms with Crippen LogP contribution in [0.25, 0.3) is 0 Å². The zero-order valence-electron chi connectivity index (χ0n) is 10.5. The fourth-order valence-corrected chi connectivity index (χ4v) is 1.72. The topological polar surface area (TPSA) is 68.5 Å². The zero-order valence-corrected chi connectivity index (χ0v) is 11.3. The Labute approximate surface area is 110 Å². The van der Waals surface area contributed by atoms with E-state index >= 15 is 0 Å². The van der Waals surface area contributed by atoms with Crippen molar-refractivity contribution in [2.24, 2.45) is 5.92 Å². The number of carbonyl (C=O) groups excluding carboxylic acids is 2. The average molecular weight is 274 g/mol. The van der Waals surface area contributed by atoms with Crippen molar-refractivity contribution in [3.63, 3.8) is 0 Å². The van der Waals surface area contributed by atoms with E-state index in [1.807, 2.05) is 13.8 Å². The summed E-state index contributed by atoms with van der Waals surface area (Å²) in [5.74, 6) is -0.685. The van der Waals surface area contributed by atoms with Gasteiger partial charge in [0.25, 0.3) is 5.91 Å². The number of amides is 1. The van der Waals surface area contributed by atoms with Crippen LogP contribution in [0.15, 0.2) is 16.7 Å². The second kappa shape index (κ2) is 6.44. The van der Waals surface area contributed by atoms with E-state index in [1.54, 1.807) is 0 Å². The summed E-state index contributed by atoms with van der Waals surface area (Å²) >= 11 is 5.69. The summed E-state index contributed by atoms with van der Waals surface area (Å²) in [4.78, 5) is 23.4. The summed E-state index contributed by atoms with van der Waals surface area (Å²) in [6.45, 7) is 3.90. The van der Waals surface area contributed by atoms with E-state index in [2.05, 4.69) is 10.1 Å². The minimum absolute atomic E-state index is 0.000614. The van der Waals surface area contributed by atoms with Gasteiger partial charge in [-0.05, 0) is 30.0 Å². The lowest BCUT2D eigenvalue weighted by Gasteiger charge is -2.17. The van der Waals surface area contributed by atoms with Crippen LogP contribution in [0.2, 0.25) is 5.22 Å². The maximum absolute atomic E-state index is 11.9. The van der Waals surface area contributed by atoms with E-state index in [0.717, 1.165) is 0 Å². The monoisotopic (exact) mass is 273 g/mol. The molecule has 1 aromatic heterocycles. The molecule has 0 saturated carbocycles. The van der Waals surface area contributed by atoms with Crippen LogP contribution in [-0.2, 0) is 9.53 Å². The summed E-state index contributed by atoms with van der Waals surface area (Å²) < 4.78 is 9.48. The van der Waals surface area contributed by atoms with Gasteiger partial charge in [-0.1, -0.05) is 13.8 Å². The highest BCUT2D eigenvalue weighted by molar-refractivity contribution is 6.32. The highest BCUT2D eigenvalue weighted by atomic mass is 35.5. The third-order valence-corrected chi connectivity index (χ3v) is 2.65. The number of methoxy groups -OCH3 is 1. The zero-order chi connectivity index (χ0) is 13.7. The lowest BCUT2D eigenvalue weighted by molar-refractivity contribution is -0.143. The first kappa shape index (κ1) is 14.6. The molecular weight excluding hydrogens is 258 g/mol. The van der Waals surface area contributed by atoms with E-state index in [1.165, 1.54) is 19.4 Å². The molecule has 1 rings (SSSR count). The van der Waals surface area contributed by atoms with Gasteiger partial charge in [-0.2, -0.15) is 0 Å². The van der Waals surface area contributed by atoms with Crippen LogP contribution in [-0.4, -0.2) is 25.0 Å². The van der Waals surface area contributed by atoms with Gasteiger partial charge in [-0.3, -0.25) is 4.79 Å². The highest BCUT2D eigenvalue weighted by Crippen LogP contribution is 2.17. The molecule has 1 aromatic rings. The number of hydrogen-bond donors (Lipinski definition) is 1. The van der Waals surface area contributed by atoms with Crippen molar-refractivity contribution in [3.8, 4) is 0 Å². The number of rotatable bonds is 5. The summed E-state index contributed by atoms with van der Waals surface area (Å²) in [5.41, 5.74) is 0.203. The second-order valence-corrected chi connectivity index (χ2v) is 4.63. The summed E-state index contributed by atoms with van der Waals surface area (Å²) in [7, 11) is 1.28. The summed E-state index contributed by atoms with van der Waals surface area (Å²) in [6, 6.07) is 0.759. The molecule has 0 radical (unpaired) electrons. The number of ether oxygens (including phenoxy) is 1. The Morgan fingerprint density at radius 3 is 2.61 bits per heavy atom. The maximum Gasteiger partial charge on any atom is 0.328 e. The maximum atomic E-state index is 11.9.